The Kier molecular flexibility index (Phi) is 5.71. The summed E-state index contributed by atoms with van der Waals surface area (Å²) in [6.45, 7) is 9.73. The molecular weight excluding hydrogens is 342 g/mol. The summed E-state index contributed by atoms with van der Waals surface area (Å²) in [4.78, 5) is 0.383. The molecule has 2 aliphatic rings. The normalized spacial score (nSPS) is 23.5. The number of aryl methyl sites for hydroxylation is 1. The lowest BCUT2D eigenvalue weighted by Crippen LogP contribution is -2.46. The maximum Gasteiger partial charge on any atom is 0.264 e. The molecule has 0 aromatic heterocycles. The average molecular weight is 372 g/mol. The average Bonchev–Trinajstić information content (AvgIpc) is 2.56. The van der Waals surface area contributed by atoms with E-state index in [9.17, 15) is 8.42 Å². The highest BCUT2D eigenvalue weighted by Gasteiger charge is 2.41. The van der Waals surface area contributed by atoms with Crippen molar-refractivity contribution in [2.75, 3.05) is 0 Å². The lowest BCUT2D eigenvalue weighted by atomic mass is 9.80. The maximum atomic E-state index is 13.6. The Morgan fingerprint density at radius 2 is 1.73 bits per heavy atom. The molecule has 2 atom stereocenters. The molecule has 1 saturated carbocycles. The molecule has 1 heterocycles. The van der Waals surface area contributed by atoms with Crippen LogP contribution in [0.4, 0.5) is 0 Å². The predicted molar refractivity (Wildman–Crippen MR) is 107 cm³/mol. The minimum Gasteiger partial charge on any atom is -0.267 e. The molecule has 140 valence electrons. The van der Waals surface area contributed by atoms with Crippen molar-refractivity contribution in [2.24, 2.45) is 5.92 Å². The zero-order valence-electron chi connectivity index (χ0n) is 15.7. The smallest absolute Gasteiger partial charge is 0.264 e. The van der Waals surface area contributed by atoms with Crippen molar-refractivity contribution < 1.29 is 8.42 Å². The van der Waals surface area contributed by atoms with E-state index >= 15 is 0 Å². The molecule has 3 nitrogen and oxygen atoms in total. The summed E-state index contributed by atoms with van der Waals surface area (Å²) in [6, 6.07) is 7.17. The predicted octanol–water partition coefficient (Wildman–Crippen LogP) is 5.35. The molecule has 1 aliphatic carbocycles. The van der Waals surface area contributed by atoms with Gasteiger partial charge in [0, 0.05) is 17.7 Å². The molecule has 0 unspecified atom stereocenters. The number of benzene rings is 1. The van der Waals surface area contributed by atoms with E-state index in [1.165, 1.54) is 5.57 Å². The summed E-state index contributed by atoms with van der Waals surface area (Å²) >= 11 is 0. The van der Waals surface area contributed by atoms with Gasteiger partial charge in [0.05, 0.1) is 4.90 Å². The van der Waals surface area contributed by atoms with Crippen LogP contribution in [0.15, 0.2) is 65.7 Å². The summed E-state index contributed by atoms with van der Waals surface area (Å²) in [5.74, 6) is 0.254. The minimum absolute atomic E-state index is 0.0389. The number of hydrogen-bond donors (Lipinski definition) is 0. The van der Waals surface area contributed by atoms with Crippen LogP contribution in [0.5, 0.6) is 0 Å². The van der Waals surface area contributed by atoms with Gasteiger partial charge in [-0.3, -0.25) is 4.31 Å². The highest BCUT2D eigenvalue weighted by atomic mass is 32.2. The number of rotatable bonds is 6. The molecule has 0 N–H and O–H groups in total. The van der Waals surface area contributed by atoms with Crippen LogP contribution in [0.25, 0.3) is 0 Å². The van der Waals surface area contributed by atoms with E-state index in [0.29, 0.717) is 11.3 Å². The summed E-state index contributed by atoms with van der Waals surface area (Å²) in [7, 11) is -3.58. The van der Waals surface area contributed by atoms with Crippen LogP contribution < -0.4 is 0 Å². The topological polar surface area (TPSA) is 37.4 Å². The van der Waals surface area contributed by atoms with Crippen molar-refractivity contribution in [3.63, 3.8) is 0 Å². The Balaban J connectivity index is 2.11. The summed E-state index contributed by atoms with van der Waals surface area (Å²) in [5, 5.41) is 0. The molecule has 3 rings (SSSR count). The monoisotopic (exact) mass is 371 g/mol. The van der Waals surface area contributed by atoms with Gasteiger partial charge in [0.2, 0.25) is 0 Å². The molecule has 0 radical (unpaired) electrons. The second-order valence-corrected chi connectivity index (χ2v) is 9.25. The van der Waals surface area contributed by atoms with Crippen LogP contribution in [0.2, 0.25) is 0 Å². The van der Waals surface area contributed by atoms with Gasteiger partial charge in [-0.25, -0.2) is 8.42 Å². The van der Waals surface area contributed by atoms with Crippen molar-refractivity contribution >= 4 is 10.0 Å². The third-order valence-electron chi connectivity index (χ3n) is 5.59. The lowest BCUT2D eigenvalue weighted by Gasteiger charge is -2.44. The van der Waals surface area contributed by atoms with Gasteiger partial charge in [0.25, 0.3) is 10.0 Å². The van der Waals surface area contributed by atoms with Crippen molar-refractivity contribution in [3.8, 4) is 0 Å². The van der Waals surface area contributed by atoms with Crippen molar-refractivity contribution in [1.82, 2.24) is 4.31 Å². The Labute approximate surface area is 158 Å². The first-order valence-electron chi connectivity index (χ1n) is 9.53. The lowest BCUT2D eigenvalue weighted by molar-refractivity contribution is 0.246. The van der Waals surface area contributed by atoms with Crippen LogP contribution >= 0.6 is 0 Å². The van der Waals surface area contributed by atoms with E-state index in [1.807, 2.05) is 31.2 Å². The molecule has 0 bridgehead atoms. The van der Waals surface area contributed by atoms with E-state index in [4.69, 9.17) is 0 Å². The van der Waals surface area contributed by atoms with Gasteiger partial charge in [-0.15, -0.1) is 13.2 Å². The molecule has 0 spiro atoms. The van der Waals surface area contributed by atoms with Gasteiger partial charge in [0.15, 0.2) is 0 Å². The fourth-order valence-corrected chi connectivity index (χ4v) is 5.89. The second kappa shape index (κ2) is 7.83. The first-order valence-corrected chi connectivity index (χ1v) is 11.0. The van der Waals surface area contributed by atoms with E-state index < -0.39 is 10.0 Å². The molecular formula is C22H29NO2S. The van der Waals surface area contributed by atoms with Gasteiger partial charge in [0.1, 0.15) is 0 Å². The summed E-state index contributed by atoms with van der Waals surface area (Å²) in [6.07, 6.45) is 10.4. The molecule has 1 aliphatic heterocycles. The van der Waals surface area contributed by atoms with E-state index in [0.717, 1.165) is 49.8 Å². The number of sulfonamides is 1. The van der Waals surface area contributed by atoms with Crippen LogP contribution in [-0.4, -0.2) is 18.8 Å². The molecule has 1 aromatic rings. The second-order valence-electron chi connectivity index (χ2n) is 7.43. The molecule has 4 heteroatoms. The highest BCUT2D eigenvalue weighted by molar-refractivity contribution is 7.89. The van der Waals surface area contributed by atoms with Gasteiger partial charge < -0.3 is 0 Å². The van der Waals surface area contributed by atoms with Crippen LogP contribution in [0, 0.1) is 12.8 Å². The van der Waals surface area contributed by atoms with Crippen LogP contribution in [-0.2, 0) is 10.0 Å². The molecule has 0 amide bonds. The fourth-order valence-electron chi connectivity index (χ4n) is 4.06. The van der Waals surface area contributed by atoms with Gasteiger partial charge in [-0.2, -0.15) is 0 Å². The number of hydrogen-bond acceptors (Lipinski definition) is 2. The summed E-state index contributed by atoms with van der Waals surface area (Å²) in [5.41, 5.74) is 3.43. The Bertz CT molecular complexity index is 799. The van der Waals surface area contributed by atoms with E-state index in [-0.39, 0.29) is 12.0 Å². The molecule has 1 saturated heterocycles. The minimum atomic E-state index is -3.58. The Morgan fingerprint density at radius 3 is 2.27 bits per heavy atom. The maximum absolute atomic E-state index is 13.6. The molecule has 26 heavy (non-hydrogen) atoms. The zero-order valence-corrected chi connectivity index (χ0v) is 16.5. The molecule has 2 fully saturated rings. The third-order valence-corrected chi connectivity index (χ3v) is 7.47. The fraction of sp³-hybridized carbons (Fsp3) is 0.455. The SMILES string of the molecule is C=CC[C@H]1CC[C@H](CC=C)N(S(=O)(=O)c2ccc(C)cc2)C1=C1CCC1. The largest absolute Gasteiger partial charge is 0.267 e. The van der Waals surface area contributed by atoms with Crippen LogP contribution in [0.3, 0.4) is 0 Å². The Hall–Kier alpha value is -1.81. The van der Waals surface area contributed by atoms with E-state index in [2.05, 4.69) is 13.2 Å². The standard InChI is InChI=1S/C22H29NO2S/c1-4-7-18-13-14-20(8-5-2)23(22(18)19-9-6-10-19)26(24,25)21-15-11-17(3)12-16-21/h4-5,11-12,15-16,18,20H,1-2,6-10,13-14H2,3H3/t18-,20-/m0/s1. The van der Waals surface area contributed by atoms with Gasteiger partial charge in [-0.1, -0.05) is 29.8 Å². The number of piperidine rings is 1. The third kappa shape index (κ3) is 3.52. The highest BCUT2D eigenvalue weighted by Crippen LogP contribution is 2.44. The zero-order chi connectivity index (χ0) is 18.7. The van der Waals surface area contributed by atoms with Crippen molar-refractivity contribution in [2.45, 2.75) is 62.8 Å². The van der Waals surface area contributed by atoms with Crippen molar-refractivity contribution in [3.05, 3.63) is 66.4 Å². The Morgan fingerprint density at radius 1 is 1.08 bits per heavy atom. The van der Waals surface area contributed by atoms with Crippen molar-refractivity contribution in [1.29, 1.82) is 0 Å². The molecule has 1 aromatic carbocycles. The quantitative estimate of drug-likeness (QED) is 0.632. The number of allylic oxidation sites excluding steroid dienone is 3. The van der Waals surface area contributed by atoms with Gasteiger partial charge in [-0.05, 0) is 69.6 Å². The first kappa shape index (κ1) is 19.0. The van der Waals surface area contributed by atoms with E-state index in [1.54, 1.807) is 16.4 Å². The first-order chi connectivity index (χ1) is 12.5. The van der Waals surface area contributed by atoms with Crippen LogP contribution in [0.1, 0.15) is 50.5 Å². The number of nitrogens with zero attached hydrogens (tertiary/aromatic N) is 1. The van der Waals surface area contributed by atoms with Gasteiger partial charge >= 0.3 is 0 Å². The summed E-state index contributed by atoms with van der Waals surface area (Å²) < 4.78 is 29.0.